The Labute approximate surface area is 128 Å². The minimum Gasteiger partial charge on any atom is -0.481 e. The van der Waals surface area contributed by atoms with Gasteiger partial charge in [-0.3, -0.25) is 14.5 Å². The standard InChI is InChI=1S/C15H19ClN2O3/c1-9-6-11(15(20)21)4-5-18(9)8-12-3-2-10(14(17)19)7-13(12)16/h2-3,7,9,11H,4-6,8H2,1H3,(H2,17,19)(H,20,21). The number of rotatable bonds is 4. The van der Waals surface area contributed by atoms with E-state index in [9.17, 15) is 9.59 Å². The number of hydrogen-bond donors (Lipinski definition) is 2. The van der Waals surface area contributed by atoms with Crippen molar-refractivity contribution in [1.82, 2.24) is 4.90 Å². The predicted octanol–water partition coefficient (Wildman–Crippen LogP) is 2.12. The molecule has 114 valence electrons. The van der Waals surface area contributed by atoms with Crippen molar-refractivity contribution in [3.8, 4) is 0 Å². The lowest BCUT2D eigenvalue weighted by Crippen LogP contribution is -2.42. The first-order valence-electron chi connectivity index (χ1n) is 6.93. The summed E-state index contributed by atoms with van der Waals surface area (Å²) in [6, 6.07) is 5.23. The average Bonchev–Trinajstić information content (AvgIpc) is 2.42. The van der Waals surface area contributed by atoms with Crippen LogP contribution in [0.1, 0.15) is 35.7 Å². The highest BCUT2D eigenvalue weighted by Crippen LogP contribution is 2.27. The van der Waals surface area contributed by atoms with E-state index in [-0.39, 0.29) is 12.0 Å². The second-order valence-corrected chi connectivity index (χ2v) is 5.96. The van der Waals surface area contributed by atoms with Gasteiger partial charge in [-0.2, -0.15) is 0 Å². The van der Waals surface area contributed by atoms with Gasteiger partial charge < -0.3 is 10.8 Å². The number of piperidine rings is 1. The van der Waals surface area contributed by atoms with E-state index in [0.29, 0.717) is 30.0 Å². The Morgan fingerprint density at radius 2 is 2.19 bits per heavy atom. The van der Waals surface area contributed by atoms with Crippen molar-refractivity contribution in [2.24, 2.45) is 11.7 Å². The van der Waals surface area contributed by atoms with Crippen LogP contribution in [0.25, 0.3) is 0 Å². The number of benzene rings is 1. The molecule has 1 aromatic carbocycles. The molecule has 1 aliphatic heterocycles. The van der Waals surface area contributed by atoms with E-state index < -0.39 is 11.9 Å². The number of carboxylic acids is 1. The Morgan fingerprint density at radius 1 is 1.48 bits per heavy atom. The molecule has 3 N–H and O–H groups in total. The molecule has 0 aromatic heterocycles. The maximum Gasteiger partial charge on any atom is 0.306 e. The van der Waals surface area contributed by atoms with Crippen LogP contribution in [0.15, 0.2) is 18.2 Å². The minimum atomic E-state index is -0.717. The number of hydrogen-bond acceptors (Lipinski definition) is 3. The molecule has 1 aliphatic rings. The van der Waals surface area contributed by atoms with Gasteiger partial charge in [0.2, 0.25) is 5.91 Å². The van der Waals surface area contributed by atoms with Gasteiger partial charge in [0.05, 0.1) is 5.92 Å². The molecule has 2 atom stereocenters. The van der Waals surface area contributed by atoms with Crippen LogP contribution in [0, 0.1) is 5.92 Å². The Morgan fingerprint density at radius 3 is 2.71 bits per heavy atom. The van der Waals surface area contributed by atoms with E-state index in [1.54, 1.807) is 18.2 Å². The number of halogens is 1. The summed E-state index contributed by atoms with van der Waals surface area (Å²) in [4.78, 5) is 24.4. The molecule has 1 fully saturated rings. The van der Waals surface area contributed by atoms with Crippen molar-refractivity contribution >= 4 is 23.5 Å². The van der Waals surface area contributed by atoms with Crippen molar-refractivity contribution in [3.05, 3.63) is 34.3 Å². The Balaban J connectivity index is 2.05. The molecule has 1 heterocycles. The van der Waals surface area contributed by atoms with Gasteiger partial charge in [0.1, 0.15) is 0 Å². The third kappa shape index (κ3) is 3.74. The summed E-state index contributed by atoms with van der Waals surface area (Å²) in [5.74, 6) is -1.48. The van der Waals surface area contributed by atoms with Crippen LogP contribution in [0.2, 0.25) is 5.02 Å². The lowest BCUT2D eigenvalue weighted by atomic mass is 9.91. The first kappa shape index (κ1) is 15.8. The normalized spacial score (nSPS) is 23.0. The molecule has 5 nitrogen and oxygen atoms in total. The summed E-state index contributed by atoms with van der Waals surface area (Å²) >= 11 is 6.19. The predicted molar refractivity (Wildman–Crippen MR) is 80.2 cm³/mol. The summed E-state index contributed by atoms with van der Waals surface area (Å²) in [6.07, 6.45) is 1.29. The maximum absolute atomic E-state index is 11.1. The van der Waals surface area contributed by atoms with Crippen LogP contribution < -0.4 is 5.73 Å². The van der Waals surface area contributed by atoms with Gasteiger partial charge in [0.25, 0.3) is 0 Å². The smallest absolute Gasteiger partial charge is 0.306 e. The lowest BCUT2D eigenvalue weighted by Gasteiger charge is -2.36. The molecule has 2 unspecified atom stereocenters. The number of carboxylic acid groups (broad SMARTS) is 1. The fraction of sp³-hybridized carbons (Fsp3) is 0.467. The van der Waals surface area contributed by atoms with Gasteiger partial charge >= 0.3 is 5.97 Å². The van der Waals surface area contributed by atoms with Crippen LogP contribution >= 0.6 is 11.6 Å². The van der Waals surface area contributed by atoms with Crippen molar-refractivity contribution < 1.29 is 14.7 Å². The SMILES string of the molecule is CC1CC(C(=O)O)CCN1Cc1ccc(C(N)=O)cc1Cl. The second kappa shape index (κ2) is 6.45. The van der Waals surface area contributed by atoms with Crippen LogP contribution in [0.5, 0.6) is 0 Å². The summed E-state index contributed by atoms with van der Waals surface area (Å²) in [5.41, 5.74) is 6.53. The largest absolute Gasteiger partial charge is 0.481 e. The van der Waals surface area contributed by atoms with Crippen LogP contribution in [0.4, 0.5) is 0 Å². The third-order valence-corrected chi connectivity index (χ3v) is 4.43. The fourth-order valence-corrected chi connectivity index (χ4v) is 2.97. The first-order chi connectivity index (χ1) is 9.88. The number of aliphatic carboxylic acids is 1. The molecule has 1 amide bonds. The van der Waals surface area contributed by atoms with Gasteiger partial charge in [-0.15, -0.1) is 0 Å². The average molecular weight is 311 g/mol. The molecular weight excluding hydrogens is 292 g/mol. The molecule has 1 aromatic rings. The van der Waals surface area contributed by atoms with Crippen molar-refractivity contribution in [2.45, 2.75) is 32.4 Å². The number of carbonyl (C=O) groups excluding carboxylic acids is 1. The monoisotopic (exact) mass is 310 g/mol. The van der Waals surface area contributed by atoms with Gasteiger partial charge in [-0.25, -0.2) is 0 Å². The third-order valence-electron chi connectivity index (χ3n) is 4.07. The second-order valence-electron chi connectivity index (χ2n) is 5.55. The van der Waals surface area contributed by atoms with Gasteiger partial charge in [0, 0.05) is 23.2 Å². The summed E-state index contributed by atoms with van der Waals surface area (Å²) in [5, 5.41) is 9.59. The van der Waals surface area contributed by atoms with Crippen molar-refractivity contribution in [1.29, 1.82) is 0 Å². The number of primary amides is 1. The van der Waals surface area contributed by atoms with Crippen molar-refractivity contribution in [3.63, 3.8) is 0 Å². The van der Waals surface area contributed by atoms with Crippen LogP contribution in [-0.2, 0) is 11.3 Å². The number of nitrogens with two attached hydrogens (primary N) is 1. The van der Waals surface area contributed by atoms with E-state index in [4.69, 9.17) is 22.4 Å². The van der Waals surface area contributed by atoms with E-state index >= 15 is 0 Å². The number of carbonyl (C=O) groups is 2. The highest BCUT2D eigenvalue weighted by Gasteiger charge is 2.29. The van der Waals surface area contributed by atoms with E-state index in [2.05, 4.69) is 4.90 Å². The molecule has 0 radical (unpaired) electrons. The number of amides is 1. The number of nitrogens with zero attached hydrogens (tertiary/aromatic N) is 1. The van der Waals surface area contributed by atoms with E-state index in [1.165, 1.54) is 0 Å². The molecule has 0 spiro atoms. The Bertz CT molecular complexity index is 562. The zero-order valence-corrected chi connectivity index (χ0v) is 12.6. The quantitative estimate of drug-likeness (QED) is 0.892. The van der Waals surface area contributed by atoms with Crippen LogP contribution in [0.3, 0.4) is 0 Å². The highest BCUT2D eigenvalue weighted by atomic mass is 35.5. The summed E-state index contributed by atoms with van der Waals surface area (Å²) < 4.78 is 0. The Kier molecular flexibility index (Phi) is 4.85. The number of likely N-dealkylation sites (tertiary alicyclic amines) is 1. The fourth-order valence-electron chi connectivity index (χ4n) is 2.73. The van der Waals surface area contributed by atoms with Gasteiger partial charge in [-0.05, 0) is 44.0 Å². The first-order valence-corrected chi connectivity index (χ1v) is 7.31. The van der Waals surface area contributed by atoms with Gasteiger partial charge in [-0.1, -0.05) is 17.7 Å². The van der Waals surface area contributed by atoms with Crippen LogP contribution in [-0.4, -0.2) is 34.5 Å². The lowest BCUT2D eigenvalue weighted by molar-refractivity contribution is -0.144. The molecule has 0 aliphatic carbocycles. The minimum absolute atomic E-state index is 0.187. The molecule has 1 saturated heterocycles. The van der Waals surface area contributed by atoms with Gasteiger partial charge in [0.15, 0.2) is 0 Å². The summed E-state index contributed by atoms with van der Waals surface area (Å²) in [6.45, 7) is 3.40. The van der Waals surface area contributed by atoms with E-state index in [1.807, 2.05) is 6.92 Å². The Hall–Kier alpha value is -1.59. The highest BCUT2D eigenvalue weighted by molar-refractivity contribution is 6.31. The topological polar surface area (TPSA) is 83.6 Å². The zero-order valence-electron chi connectivity index (χ0n) is 11.9. The van der Waals surface area contributed by atoms with E-state index in [0.717, 1.165) is 12.1 Å². The zero-order chi connectivity index (χ0) is 15.6. The molecule has 21 heavy (non-hydrogen) atoms. The molecule has 0 saturated carbocycles. The maximum atomic E-state index is 11.1. The summed E-state index contributed by atoms with van der Waals surface area (Å²) in [7, 11) is 0. The molecule has 2 rings (SSSR count). The molecule has 0 bridgehead atoms. The molecule has 6 heteroatoms. The molecular formula is C15H19ClN2O3. The van der Waals surface area contributed by atoms with Crippen molar-refractivity contribution in [2.75, 3.05) is 6.54 Å².